The van der Waals surface area contributed by atoms with Crippen LogP contribution in [-0.4, -0.2) is 14.9 Å². The minimum absolute atomic E-state index is 0.476. The molecule has 0 amide bonds. The second kappa shape index (κ2) is 5.80. The monoisotopic (exact) mass is 272 g/mol. The molecular formula is C17H24N2O. The zero-order chi connectivity index (χ0) is 14.9. The van der Waals surface area contributed by atoms with Gasteiger partial charge in [0.2, 0.25) is 0 Å². The van der Waals surface area contributed by atoms with Gasteiger partial charge in [-0.25, -0.2) is 0 Å². The number of aryl methyl sites for hydroxylation is 5. The fourth-order valence-electron chi connectivity index (χ4n) is 2.95. The SMILES string of the molecule is CCc1cc(CC(O)c2c(C)cc(C)cc2C)n(C)n1. The zero-order valence-electron chi connectivity index (χ0n) is 13.1. The second-order valence-corrected chi connectivity index (χ2v) is 5.64. The van der Waals surface area contributed by atoms with Gasteiger partial charge in [0.1, 0.15) is 0 Å². The van der Waals surface area contributed by atoms with Gasteiger partial charge >= 0.3 is 0 Å². The van der Waals surface area contributed by atoms with Crippen molar-refractivity contribution in [2.24, 2.45) is 7.05 Å². The second-order valence-electron chi connectivity index (χ2n) is 5.64. The zero-order valence-corrected chi connectivity index (χ0v) is 13.1. The van der Waals surface area contributed by atoms with E-state index in [1.165, 1.54) is 5.56 Å². The molecule has 0 aliphatic rings. The van der Waals surface area contributed by atoms with E-state index in [2.05, 4.69) is 51.0 Å². The Morgan fingerprint density at radius 2 is 1.75 bits per heavy atom. The summed E-state index contributed by atoms with van der Waals surface area (Å²) in [5.74, 6) is 0. The molecule has 0 bridgehead atoms. The summed E-state index contributed by atoms with van der Waals surface area (Å²) < 4.78 is 1.88. The lowest BCUT2D eigenvalue weighted by Gasteiger charge is -2.17. The smallest absolute Gasteiger partial charge is 0.0850 e. The van der Waals surface area contributed by atoms with E-state index in [0.717, 1.165) is 34.5 Å². The van der Waals surface area contributed by atoms with E-state index in [-0.39, 0.29) is 0 Å². The average Bonchev–Trinajstić information content (AvgIpc) is 2.68. The molecule has 1 unspecified atom stereocenters. The van der Waals surface area contributed by atoms with Crippen molar-refractivity contribution in [1.82, 2.24) is 9.78 Å². The maximum atomic E-state index is 10.6. The number of rotatable bonds is 4. The summed E-state index contributed by atoms with van der Waals surface area (Å²) in [6.07, 6.45) is 1.05. The maximum Gasteiger partial charge on any atom is 0.0850 e. The van der Waals surface area contributed by atoms with Crippen LogP contribution in [0.4, 0.5) is 0 Å². The van der Waals surface area contributed by atoms with Crippen molar-refractivity contribution in [3.8, 4) is 0 Å². The van der Waals surface area contributed by atoms with Gasteiger partial charge in [0.15, 0.2) is 0 Å². The van der Waals surface area contributed by atoms with E-state index in [1.807, 2.05) is 11.7 Å². The van der Waals surface area contributed by atoms with Gasteiger partial charge in [0.25, 0.3) is 0 Å². The number of nitrogens with zero attached hydrogens (tertiary/aromatic N) is 2. The summed E-state index contributed by atoms with van der Waals surface area (Å²) >= 11 is 0. The third kappa shape index (κ3) is 2.93. The number of aliphatic hydroxyl groups excluding tert-OH is 1. The van der Waals surface area contributed by atoms with Crippen molar-refractivity contribution in [2.45, 2.75) is 46.6 Å². The number of hydrogen-bond acceptors (Lipinski definition) is 2. The molecule has 0 radical (unpaired) electrons. The molecule has 20 heavy (non-hydrogen) atoms. The fourth-order valence-corrected chi connectivity index (χ4v) is 2.95. The highest BCUT2D eigenvalue weighted by atomic mass is 16.3. The van der Waals surface area contributed by atoms with Crippen molar-refractivity contribution in [3.05, 3.63) is 51.8 Å². The van der Waals surface area contributed by atoms with E-state index < -0.39 is 6.10 Å². The van der Waals surface area contributed by atoms with Gasteiger partial charge in [-0.3, -0.25) is 4.68 Å². The molecule has 0 aliphatic carbocycles. The maximum absolute atomic E-state index is 10.6. The van der Waals surface area contributed by atoms with Crippen molar-refractivity contribution in [1.29, 1.82) is 0 Å². The quantitative estimate of drug-likeness (QED) is 0.928. The Hall–Kier alpha value is -1.61. The normalized spacial score (nSPS) is 12.7. The third-order valence-electron chi connectivity index (χ3n) is 3.86. The van der Waals surface area contributed by atoms with Crippen LogP contribution < -0.4 is 0 Å². The Morgan fingerprint density at radius 1 is 1.15 bits per heavy atom. The topological polar surface area (TPSA) is 38.0 Å². The van der Waals surface area contributed by atoms with Crippen LogP contribution in [0.5, 0.6) is 0 Å². The predicted octanol–water partition coefficient (Wildman–Crippen LogP) is 3.18. The van der Waals surface area contributed by atoms with E-state index in [1.54, 1.807) is 0 Å². The standard InChI is InChI=1S/C17H24N2O/c1-6-14-9-15(19(5)18-14)10-16(20)17-12(3)7-11(2)8-13(17)4/h7-9,16,20H,6,10H2,1-5H3. The van der Waals surface area contributed by atoms with Crippen LogP contribution in [0.1, 0.15) is 46.7 Å². The van der Waals surface area contributed by atoms with Gasteiger partial charge < -0.3 is 5.11 Å². The van der Waals surface area contributed by atoms with Gasteiger partial charge in [-0.1, -0.05) is 24.6 Å². The molecule has 0 saturated heterocycles. The van der Waals surface area contributed by atoms with Crippen LogP contribution in [-0.2, 0) is 19.9 Å². The summed E-state index contributed by atoms with van der Waals surface area (Å²) in [5, 5.41) is 15.0. The predicted molar refractivity (Wildman–Crippen MR) is 81.9 cm³/mol. The Kier molecular flexibility index (Phi) is 4.29. The molecule has 0 fully saturated rings. The molecular weight excluding hydrogens is 248 g/mol. The summed E-state index contributed by atoms with van der Waals surface area (Å²) in [6, 6.07) is 6.35. The summed E-state index contributed by atoms with van der Waals surface area (Å²) in [7, 11) is 1.94. The molecule has 108 valence electrons. The molecule has 1 aromatic carbocycles. The lowest BCUT2D eigenvalue weighted by Crippen LogP contribution is -2.09. The first kappa shape index (κ1) is 14.8. The molecule has 0 aliphatic heterocycles. The van der Waals surface area contributed by atoms with E-state index in [9.17, 15) is 5.11 Å². The van der Waals surface area contributed by atoms with E-state index in [0.29, 0.717) is 6.42 Å². The highest BCUT2D eigenvalue weighted by Gasteiger charge is 2.16. The van der Waals surface area contributed by atoms with Crippen LogP contribution in [0.2, 0.25) is 0 Å². The van der Waals surface area contributed by atoms with Gasteiger partial charge in [-0.2, -0.15) is 5.10 Å². The molecule has 2 aromatic rings. The number of hydrogen-bond donors (Lipinski definition) is 1. The minimum Gasteiger partial charge on any atom is -0.388 e. The van der Waals surface area contributed by atoms with E-state index >= 15 is 0 Å². The summed E-state index contributed by atoms with van der Waals surface area (Å²) in [6.45, 7) is 8.32. The lowest BCUT2D eigenvalue weighted by atomic mass is 9.93. The van der Waals surface area contributed by atoms with Gasteiger partial charge in [0.05, 0.1) is 11.8 Å². The first-order chi connectivity index (χ1) is 9.42. The minimum atomic E-state index is -0.476. The Bertz CT molecular complexity index is 590. The molecule has 3 heteroatoms. The van der Waals surface area contributed by atoms with Crippen LogP contribution in [0.15, 0.2) is 18.2 Å². The first-order valence-electron chi connectivity index (χ1n) is 7.20. The largest absolute Gasteiger partial charge is 0.388 e. The molecule has 1 aromatic heterocycles. The highest BCUT2D eigenvalue weighted by molar-refractivity contribution is 5.39. The molecule has 0 saturated carbocycles. The fraction of sp³-hybridized carbons (Fsp3) is 0.471. The average molecular weight is 272 g/mol. The molecule has 2 rings (SSSR count). The number of aromatic nitrogens is 2. The van der Waals surface area contributed by atoms with Crippen LogP contribution in [0.3, 0.4) is 0 Å². The van der Waals surface area contributed by atoms with Gasteiger partial charge in [-0.15, -0.1) is 0 Å². The molecule has 3 nitrogen and oxygen atoms in total. The molecule has 1 atom stereocenters. The lowest BCUT2D eigenvalue weighted by molar-refractivity contribution is 0.174. The Balaban J connectivity index is 2.28. The Morgan fingerprint density at radius 3 is 2.25 bits per heavy atom. The molecule has 1 heterocycles. The highest BCUT2D eigenvalue weighted by Crippen LogP contribution is 2.26. The van der Waals surface area contributed by atoms with Gasteiger partial charge in [-0.05, 0) is 49.9 Å². The number of aliphatic hydroxyl groups is 1. The molecule has 0 spiro atoms. The van der Waals surface area contributed by atoms with Crippen molar-refractivity contribution < 1.29 is 5.11 Å². The molecule has 1 N–H and O–H groups in total. The van der Waals surface area contributed by atoms with Crippen LogP contribution >= 0.6 is 0 Å². The van der Waals surface area contributed by atoms with Gasteiger partial charge in [0, 0.05) is 19.2 Å². The summed E-state index contributed by atoms with van der Waals surface area (Å²) in [5.41, 5.74) is 6.76. The van der Waals surface area contributed by atoms with Crippen molar-refractivity contribution in [2.75, 3.05) is 0 Å². The van der Waals surface area contributed by atoms with Crippen LogP contribution in [0.25, 0.3) is 0 Å². The van der Waals surface area contributed by atoms with Crippen molar-refractivity contribution in [3.63, 3.8) is 0 Å². The Labute approximate surface area is 121 Å². The van der Waals surface area contributed by atoms with Crippen molar-refractivity contribution >= 4 is 0 Å². The van der Waals surface area contributed by atoms with Crippen LogP contribution in [0, 0.1) is 20.8 Å². The first-order valence-corrected chi connectivity index (χ1v) is 7.20. The van der Waals surface area contributed by atoms with E-state index in [4.69, 9.17) is 0 Å². The number of benzene rings is 1. The summed E-state index contributed by atoms with van der Waals surface area (Å²) in [4.78, 5) is 0. The third-order valence-corrected chi connectivity index (χ3v) is 3.86.